The van der Waals surface area contributed by atoms with Crippen LogP contribution in [0, 0.1) is 0 Å². The van der Waals surface area contributed by atoms with E-state index in [4.69, 9.17) is 39.5 Å². The summed E-state index contributed by atoms with van der Waals surface area (Å²) < 4.78 is 5.78. The van der Waals surface area contributed by atoms with Crippen molar-refractivity contribution >= 4 is 52.3 Å². The average Bonchev–Trinajstić information content (AvgIpc) is 3.26. The van der Waals surface area contributed by atoms with Crippen molar-refractivity contribution in [1.82, 2.24) is 15.0 Å². The van der Waals surface area contributed by atoms with Crippen molar-refractivity contribution in [3.05, 3.63) is 63.5 Å². The van der Waals surface area contributed by atoms with Gasteiger partial charge in [-0.15, -0.1) is 0 Å². The lowest BCUT2D eigenvalue weighted by Crippen LogP contribution is -2.23. The van der Waals surface area contributed by atoms with Gasteiger partial charge in [0.1, 0.15) is 5.02 Å². The molecule has 3 aromatic rings. The van der Waals surface area contributed by atoms with Crippen molar-refractivity contribution in [3.8, 4) is 11.6 Å². The van der Waals surface area contributed by atoms with E-state index in [2.05, 4.69) is 20.3 Å². The molecule has 0 bridgehead atoms. The van der Waals surface area contributed by atoms with E-state index in [1.165, 1.54) is 18.5 Å². The van der Waals surface area contributed by atoms with Gasteiger partial charge in [-0.25, -0.2) is 15.0 Å². The number of anilines is 2. The van der Waals surface area contributed by atoms with Crippen LogP contribution in [0.5, 0.6) is 11.6 Å². The number of pyridine rings is 1. The van der Waals surface area contributed by atoms with Crippen molar-refractivity contribution in [3.63, 3.8) is 0 Å². The van der Waals surface area contributed by atoms with Gasteiger partial charge in [0.15, 0.2) is 11.4 Å². The van der Waals surface area contributed by atoms with E-state index in [1.54, 1.807) is 24.3 Å². The summed E-state index contributed by atoms with van der Waals surface area (Å²) >= 11 is 18.2. The zero-order valence-electron chi connectivity index (χ0n) is 15.6. The van der Waals surface area contributed by atoms with E-state index in [0.29, 0.717) is 22.4 Å². The number of nitrogens with zero attached hydrogens (tertiary/aromatic N) is 4. The smallest absolute Gasteiger partial charge is 0.276 e. The quantitative estimate of drug-likeness (QED) is 0.539. The molecule has 1 amide bonds. The van der Waals surface area contributed by atoms with E-state index in [-0.39, 0.29) is 21.6 Å². The molecular formula is C20H16Cl3N5O2. The Bertz CT molecular complexity index is 1090. The van der Waals surface area contributed by atoms with Crippen molar-refractivity contribution in [2.24, 2.45) is 0 Å². The highest BCUT2D eigenvalue weighted by atomic mass is 35.5. The van der Waals surface area contributed by atoms with Crippen LogP contribution in [0.15, 0.2) is 42.7 Å². The first-order valence-corrected chi connectivity index (χ1v) is 10.3. The molecule has 1 N–H and O–H groups in total. The maximum Gasteiger partial charge on any atom is 0.276 e. The Morgan fingerprint density at radius 2 is 1.80 bits per heavy atom. The second-order valence-corrected chi connectivity index (χ2v) is 7.80. The number of benzene rings is 1. The van der Waals surface area contributed by atoms with Crippen LogP contribution in [0.1, 0.15) is 23.3 Å². The zero-order valence-corrected chi connectivity index (χ0v) is 17.9. The van der Waals surface area contributed by atoms with Crippen LogP contribution < -0.4 is 15.0 Å². The standard InChI is InChI=1S/C20H16Cl3N5O2/c21-12-9-13(22)19(24-10-12)30-16-6-2-1-5-15(16)26-18(29)17-14(23)11-25-20(27-17)28-7-3-4-8-28/h1-2,5-6,9-11H,3-4,7-8H2,(H,26,29). The van der Waals surface area contributed by atoms with Crippen LogP contribution >= 0.6 is 34.8 Å². The fourth-order valence-electron chi connectivity index (χ4n) is 3.01. The number of nitrogens with one attached hydrogen (secondary N) is 1. The number of halogens is 3. The van der Waals surface area contributed by atoms with Gasteiger partial charge in [-0.2, -0.15) is 0 Å². The van der Waals surface area contributed by atoms with E-state index in [0.717, 1.165) is 25.9 Å². The van der Waals surface area contributed by atoms with E-state index in [9.17, 15) is 4.79 Å². The lowest BCUT2D eigenvalue weighted by molar-refractivity contribution is 0.102. The average molecular weight is 465 g/mol. The van der Waals surface area contributed by atoms with Crippen LogP contribution in [0.4, 0.5) is 11.6 Å². The van der Waals surface area contributed by atoms with Gasteiger partial charge in [-0.1, -0.05) is 46.9 Å². The Morgan fingerprint density at radius 1 is 1.03 bits per heavy atom. The first-order chi connectivity index (χ1) is 14.5. The molecule has 1 aromatic carbocycles. The number of hydrogen-bond donors (Lipinski definition) is 1. The van der Waals surface area contributed by atoms with Crippen molar-refractivity contribution in [1.29, 1.82) is 0 Å². The van der Waals surface area contributed by atoms with Gasteiger partial charge < -0.3 is 15.0 Å². The lowest BCUT2D eigenvalue weighted by Gasteiger charge is -2.16. The number of ether oxygens (including phenoxy) is 1. The molecule has 1 aliphatic rings. The van der Waals surface area contributed by atoms with Gasteiger partial charge in [-0.05, 0) is 31.0 Å². The third kappa shape index (κ3) is 4.59. The number of hydrogen-bond acceptors (Lipinski definition) is 6. The van der Waals surface area contributed by atoms with Crippen LogP contribution in [0.2, 0.25) is 15.1 Å². The number of carbonyl (C=O) groups is 1. The molecule has 0 atom stereocenters. The number of carbonyl (C=O) groups excluding carboxylic acids is 1. The van der Waals surface area contributed by atoms with E-state index in [1.807, 2.05) is 4.90 Å². The molecule has 0 saturated carbocycles. The minimum Gasteiger partial charge on any atom is -0.435 e. The van der Waals surface area contributed by atoms with E-state index >= 15 is 0 Å². The molecule has 1 aliphatic heterocycles. The topological polar surface area (TPSA) is 80.2 Å². The predicted octanol–water partition coefficient (Wildman–Crippen LogP) is 5.48. The molecule has 154 valence electrons. The molecule has 1 saturated heterocycles. The Labute approximate surface area is 188 Å². The largest absolute Gasteiger partial charge is 0.435 e. The number of amides is 1. The summed E-state index contributed by atoms with van der Waals surface area (Å²) in [6.07, 6.45) is 5.00. The van der Waals surface area contributed by atoms with Gasteiger partial charge in [0.2, 0.25) is 11.8 Å². The molecule has 1 fully saturated rings. The second kappa shape index (κ2) is 9.04. The third-order valence-corrected chi connectivity index (χ3v) is 5.21. The monoisotopic (exact) mass is 463 g/mol. The van der Waals surface area contributed by atoms with Crippen LogP contribution in [-0.4, -0.2) is 33.9 Å². The van der Waals surface area contributed by atoms with Crippen LogP contribution in [0.25, 0.3) is 0 Å². The molecule has 4 rings (SSSR count). The highest BCUT2D eigenvalue weighted by molar-refractivity contribution is 6.35. The Kier molecular flexibility index (Phi) is 6.22. The highest BCUT2D eigenvalue weighted by Crippen LogP contribution is 2.33. The summed E-state index contributed by atoms with van der Waals surface area (Å²) in [4.78, 5) is 27.6. The summed E-state index contributed by atoms with van der Waals surface area (Å²) in [6, 6.07) is 8.41. The summed E-state index contributed by atoms with van der Waals surface area (Å²) in [5.74, 6) is 0.532. The second-order valence-electron chi connectivity index (χ2n) is 6.55. The predicted molar refractivity (Wildman–Crippen MR) is 117 cm³/mol. The number of rotatable bonds is 5. The van der Waals surface area contributed by atoms with Crippen molar-refractivity contribution in [2.75, 3.05) is 23.3 Å². The molecule has 10 heteroatoms. The Hall–Kier alpha value is -2.61. The van der Waals surface area contributed by atoms with Crippen molar-refractivity contribution < 1.29 is 9.53 Å². The van der Waals surface area contributed by atoms with Gasteiger partial charge in [0.05, 0.1) is 21.9 Å². The molecule has 0 spiro atoms. The SMILES string of the molecule is O=C(Nc1ccccc1Oc1ncc(Cl)cc1Cl)c1nc(N2CCCC2)ncc1Cl. The molecule has 30 heavy (non-hydrogen) atoms. The molecule has 7 nitrogen and oxygen atoms in total. The molecule has 0 unspecified atom stereocenters. The summed E-state index contributed by atoms with van der Waals surface area (Å²) in [5, 5.41) is 3.58. The molecule has 0 radical (unpaired) electrons. The summed E-state index contributed by atoms with van der Waals surface area (Å²) in [6.45, 7) is 1.71. The zero-order chi connectivity index (χ0) is 21.1. The first kappa shape index (κ1) is 20.7. The summed E-state index contributed by atoms with van der Waals surface area (Å²) in [7, 11) is 0. The highest BCUT2D eigenvalue weighted by Gasteiger charge is 2.21. The fourth-order valence-corrected chi connectivity index (χ4v) is 3.60. The van der Waals surface area contributed by atoms with Crippen LogP contribution in [-0.2, 0) is 0 Å². The van der Waals surface area contributed by atoms with Gasteiger partial charge in [-0.3, -0.25) is 4.79 Å². The summed E-state index contributed by atoms with van der Waals surface area (Å²) in [5.41, 5.74) is 0.499. The normalized spacial score (nSPS) is 13.4. The van der Waals surface area contributed by atoms with Crippen LogP contribution in [0.3, 0.4) is 0 Å². The Morgan fingerprint density at radius 3 is 2.57 bits per heavy atom. The maximum absolute atomic E-state index is 12.9. The van der Waals surface area contributed by atoms with E-state index < -0.39 is 5.91 Å². The van der Waals surface area contributed by atoms with Crippen molar-refractivity contribution in [2.45, 2.75) is 12.8 Å². The van der Waals surface area contributed by atoms with Gasteiger partial charge >= 0.3 is 0 Å². The molecule has 0 aliphatic carbocycles. The number of para-hydroxylation sites is 2. The molecule has 2 aromatic heterocycles. The lowest BCUT2D eigenvalue weighted by atomic mass is 10.2. The Balaban J connectivity index is 1.57. The minimum absolute atomic E-state index is 0.0889. The fraction of sp³-hybridized carbons (Fsp3) is 0.200. The van der Waals surface area contributed by atoms with Gasteiger partial charge in [0, 0.05) is 19.3 Å². The molecular weight excluding hydrogens is 449 g/mol. The number of aromatic nitrogens is 3. The van der Waals surface area contributed by atoms with Gasteiger partial charge in [0.25, 0.3) is 5.91 Å². The molecule has 3 heterocycles. The maximum atomic E-state index is 12.9. The minimum atomic E-state index is -0.478. The first-order valence-electron chi connectivity index (χ1n) is 9.18. The third-order valence-electron chi connectivity index (χ3n) is 4.45.